The predicted molar refractivity (Wildman–Crippen MR) is 40.7 cm³/mol. The lowest BCUT2D eigenvalue weighted by atomic mass is 10.1. The zero-order valence-corrected chi connectivity index (χ0v) is 7.17. The fourth-order valence-electron chi connectivity index (χ4n) is 1.12. The van der Waals surface area contributed by atoms with E-state index >= 15 is 0 Å². The Morgan fingerprint density at radius 1 is 1.57 bits per heavy atom. The van der Waals surface area contributed by atoms with Crippen molar-refractivity contribution in [2.75, 3.05) is 13.1 Å². The monoisotopic (exact) mass is 207 g/mol. The minimum absolute atomic E-state index is 0.143. The third-order valence-corrected chi connectivity index (χ3v) is 1.83. The topological polar surface area (TPSA) is 29.5 Å². The van der Waals surface area contributed by atoms with E-state index in [4.69, 9.17) is 6.42 Å². The van der Waals surface area contributed by atoms with Gasteiger partial charge in [0, 0.05) is 19.0 Å². The molecule has 1 fully saturated rings. The normalized spacial score (nSPS) is 23.1. The molecule has 0 amide bonds. The van der Waals surface area contributed by atoms with E-state index in [0.717, 1.165) is 5.06 Å². The predicted octanol–water partition coefficient (Wildman–Crippen LogP) is 0.962. The number of nitrogens with zero attached hydrogens (tertiary/aromatic N) is 1. The molecule has 0 aliphatic carbocycles. The molecule has 0 radical (unpaired) electrons. The van der Waals surface area contributed by atoms with Crippen LogP contribution < -0.4 is 0 Å². The Morgan fingerprint density at radius 2 is 2.21 bits per heavy atom. The van der Waals surface area contributed by atoms with E-state index in [2.05, 4.69) is 10.8 Å². The Hall–Kier alpha value is -1.22. The van der Waals surface area contributed by atoms with E-state index in [1.54, 1.807) is 0 Å². The van der Waals surface area contributed by atoms with Crippen molar-refractivity contribution < 1.29 is 22.8 Å². The van der Waals surface area contributed by atoms with Crippen LogP contribution >= 0.6 is 0 Å². The van der Waals surface area contributed by atoms with Gasteiger partial charge in [0.2, 0.25) is 0 Å². The zero-order chi connectivity index (χ0) is 10.8. The van der Waals surface area contributed by atoms with Gasteiger partial charge in [0.15, 0.2) is 0 Å². The minimum atomic E-state index is -4.95. The van der Waals surface area contributed by atoms with E-state index in [0.29, 0.717) is 6.42 Å². The number of halogens is 3. The second-order valence-corrected chi connectivity index (χ2v) is 2.92. The third kappa shape index (κ3) is 2.64. The van der Waals surface area contributed by atoms with Crippen LogP contribution in [0.4, 0.5) is 13.2 Å². The van der Waals surface area contributed by atoms with Crippen LogP contribution in [0.25, 0.3) is 0 Å². The van der Waals surface area contributed by atoms with Crippen molar-refractivity contribution in [3.8, 4) is 12.3 Å². The second-order valence-electron chi connectivity index (χ2n) is 2.92. The van der Waals surface area contributed by atoms with Crippen LogP contribution in [0.15, 0.2) is 0 Å². The average molecular weight is 207 g/mol. The number of hydrogen-bond donors (Lipinski definition) is 0. The van der Waals surface area contributed by atoms with E-state index in [-0.39, 0.29) is 19.0 Å². The number of carbonyl (C=O) groups is 1. The lowest BCUT2D eigenvalue weighted by Crippen LogP contribution is -2.33. The molecule has 1 atom stereocenters. The first kappa shape index (κ1) is 10.9. The van der Waals surface area contributed by atoms with Crippen LogP contribution in [-0.2, 0) is 9.63 Å². The Kier molecular flexibility index (Phi) is 3.01. The van der Waals surface area contributed by atoms with Crippen LogP contribution in [0, 0.1) is 18.3 Å². The highest BCUT2D eigenvalue weighted by Crippen LogP contribution is 2.21. The summed E-state index contributed by atoms with van der Waals surface area (Å²) in [4.78, 5) is 14.5. The Balaban J connectivity index is 2.41. The van der Waals surface area contributed by atoms with Gasteiger partial charge < -0.3 is 4.84 Å². The molecule has 6 heteroatoms. The number of hydrogen-bond acceptors (Lipinski definition) is 3. The van der Waals surface area contributed by atoms with Gasteiger partial charge in [0.05, 0.1) is 0 Å². The van der Waals surface area contributed by atoms with Crippen LogP contribution in [0.1, 0.15) is 6.42 Å². The van der Waals surface area contributed by atoms with Crippen molar-refractivity contribution in [3.63, 3.8) is 0 Å². The summed E-state index contributed by atoms with van der Waals surface area (Å²) in [6.07, 6.45) is 0.666. The van der Waals surface area contributed by atoms with Gasteiger partial charge in [-0.15, -0.1) is 17.4 Å². The molecule has 0 aromatic heterocycles. The van der Waals surface area contributed by atoms with E-state index in [1.165, 1.54) is 0 Å². The molecular weight excluding hydrogens is 199 g/mol. The van der Waals surface area contributed by atoms with Crippen molar-refractivity contribution in [1.82, 2.24) is 5.06 Å². The van der Waals surface area contributed by atoms with Gasteiger partial charge in [-0.2, -0.15) is 13.2 Å². The molecule has 1 heterocycles. The molecule has 0 saturated carbocycles. The Bertz CT molecular complexity index is 269. The van der Waals surface area contributed by atoms with Gasteiger partial charge in [-0.3, -0.25) is 0 Å². The summed E-state index contributed by atoms with van der Waals surface area (Å²) in [7, 11) is 0. The van der Waals surface area contributed by atoms with Crippen LogP contribution in [0.2, 0.25) is 0 Å². The van der Waals surface area contributed by atoms with Crippen molar-refractivity contribution in [2.24, 2.45) is 5.92 Å². The molecule has 1 aliphatic rings. The maximum Gasteiger partial charge on any atom is 0.492 e. The molecular formula is C8H8F3NO2. The molecule has 1 saturated heterocycles. The Morgan fingerprint density at radius 3 is 2.64 bits per heavy atom. The summed E-state index contributed by atoms with van der Waals surface area (Å²) >= 11 is 0. The van der Waals surface area contributed by atoms with Crippen molar-refractivity contribution in [1.29, 1.82) is 0 Å². The van der Waals surface area contributed by atoms with Crippen LogP contribution in [0.3, 0.4) is 0 Å². The first-order valence-electron chi connectivity index (χ1n) is 3.93. The molecule has 14 heavy (non-hydrogen) atoms. The molecule has 3 nitrogen and oxygen atoms in total. The molecule has 78 valence electrons. The summed E-state index contributed by atoms with van der Waals surface area (Å²) in [5, 5.41) is 0.945. The highest BCUT2D eigenvalue weighted by atomic mass is 19.4. The first-order valence-corrected chi connectivity index (χ1v) is 3.93. The quantitative estimate of drug-likeness (QED) is 0.600. The van der Waals surface area contributed by atoms with Crippen molar-refractivity contribution >= 4 is 5.97 Å². The summed E-state index contributed by atoms with van der Waals surface area (Å²) in [6.45, 7) is 0.412. The first-order chi connectivity index (χ1) is 6.43. The molecule has 0 aromatic carbocycles. The Labute approximate surface area is 78.8 Å². The minimum Gasteiger partial charge on any atom is -0.361 e. The maximum atomic E-state index is 11.7. The van der Waals surface area contributed by atoms with Gasteiger partial charge in [-0.25, -0.2) is 4.79 Å². The molecule has 1 unspecified atom stereocenters. The summed E-state index contributed by atoms with van der Waals surface area (Å²) < 4.78 is 35.2. The summed E-state index contributed by atoms with van der Waals surface area (Å²) in [5.41, 5.74) is 0. The highest BCUT2D eigenvalue weighted by molar-refractivity contribution is 5.75. The molecule has 0 spiro atoms. The molecule has 1 aliphatic heterocycles. The smallest absolute Gasteiger partial charge is 0.361 e. The maximum absolute atomic E-state index is 11.7. The molecule has 0 bridgehead atoms. The average Bonchev–Trinajstić information content (AvgIpc) is 2.50. The lowest BCUT2D eigenvalue weighted by molar-refractivity contribution is -0.235. The van der Waals surface area contributed by atoms with Gasteiger partial charge in [-0.05, 0) is 6.42 Å². The van der Waals surface area contributed by atoms with Gasteiger partial charge in [0.1, 0.15) is 0 Å². The van der Waals surface area contributed by atoms with Crippen LogP contribution in [0.5, 0.6) is 0 Å². The van der Waals surface area contributed by atoms with E-state index in [1.807, 2.05) is 0 Å². The zero-order valence-electron chi connectivity index (χ0n) is 7.17. The second kappa shape index (κ2) is 3.88. The SMILES string of the molecule is C#CC1CCN(OC(=O)C(F)(F)F)C1. The van der Waals surface area contributed by atoms with Crippen LogP contribution in [-0.4, -0.2) is 30.3 Å². The number of hydroxylamine groups is 2. The standard InChI is InChI=1S/C8H8F3NO2/c1-2-6-3-4-12(5-6)14-7(13)8(9,10)11/h1,6H,3-5H2. The number of alkyl halides is 3. The largest absolute Gasteiger partial charge is 0.492 e. The van der Waals surface area contributed by atoms with Crippen molar-refractivity contribution in [2.45, 2.75) is 12.6 Å². The fourth-order valence-corrected chi connectivity index (χ4v) is 1.12. The summed E-state index contributed by atoms with van der Waals surface area (Å²) in [6, 6.07) is 0. The molecule has 1 rings (SSSR count). The fraction of sp³-hybridized carbons (Fsp3) is 0.625. The van der Waals surface area contributed by atoms with E-state index < -0.39 is 12.1 Å². The number of rotatable bonds is 1. The van der Waals surface area contributed by atoms with Gasteiger partial charge in [-0.1, -0.05) is 0 Å². The third-order valence-electron chi connectivity index (χ3n) is 1.83. The molecule has 0 N–H and O–H groups in total. The highest BCUT2D eigenvalue weighted by Gasteiger charge is 2.43. The van der Waals surface area contributed by atoms with Gasteiger partial charge >= 0.3 is 12.1 Å². The number of carbonyl (C=O) groups excluding carboxylic acids is 1. The molecule has 0 aromatic rings. The lowest BCUT2D eigenvalue weighted by Gasteiger charge is -2.15. The van der Waals surface area contributed by atoms with E-state index in [9.17, 15) is 18.0 Å². The summed E-state index contributed by atoms with van der Waals surface area (Å²) in [5.74, 6) is 0.0502. The number of terminal acetylenes is 1. The van der Waals surface area contributed by atoms with Crippen molar-refractivity contribution in [3.05, 3.63) is 0 Å². The van der Waals surface area contributed by atoms with Gasteiger partial charge in [0.25, 0.3) is 0 Å².